The minimum absolute atomic E-state index is 0.316. The molecule has 0 saturated heterocycles. The van der Waals surface area contributed by atoms with Gasteiger partial charge in [-0.25, -0.2) is 4.98 Å². The van der Waals surface area contributed by atoms with Gasteiger partial charge in [0.2, 0.25) is 5.89 Å². The molecule has 0 fully saturated rings. The Bertz CT molecular complexity index is 1100. The van der Waals surface area contributed by atoms with Crippen LogP contribution < -0.4 is 10.1 Å². The van der Waals surface area contributed by atoms with Gasteiger partial charge in [-0.05, 0) is 48.5 Å². The van der Waals surface area contributed by atoms with Crippen molar-refractivity contribution in [3.8, 4) is 17.2 Å². The van der Waals surface area contributed by atoms with Gasteiger partial charge in [-0.3, -0.25) is 4.79 Å². The van der Waals surface area contributed by atoms with Crippen molar-refractivity contribution in [1.29, 1.82) is 0 Å². The number of methoxy groups -OCH3 is 1. The maximum Gasteiger partial charge on any atom is 0.259 e. The van der Waals surface area contributed by atoms with E-state index in [4.69, 9.17) is 20.8 Å². The lowest BCUT2D eigenvalue weighted by atomic mass is 10.1. The monoisotopic (exact) mass is 378 g/mol. The van der Waals surface area contributed by atoms with Gasteiger partial charge in [-0.1, -0.05) is 29.8 Å². The van der Waals surface area contributed by atoms with Crippen molar-refractivity contribution >= 4 is 34.3 Å². The molecule has 1 amide bonds. The Morgan fingerprint density at radius 1 is 1.07 bits per heavy atom. The van der Waals surface area contributed by atoms with Gasteiger partial charge in [-0.15, -0.1) is 0 Å². The van der Waals surface area contributed by atoms with Gasteiger partial charge in [0.1, 0.15) is 11.3 Å². The van der Waals surface area contributed by atoms with Gasteiger partial charge in [0.15, 0.2) is 5.58 Å². The number of benzene rings is 3. The first kappa shape index (κ1) is 17.1. The molecular weight excluding hydrogens is 364 g/mol. The zero-order chi connectivity index (χ0) is 18.8. The molecule has 0 saturated carbocycles. The molecule has 1 aromatic heterocycles. The van der Waals surface area contributed by atoms with Crippen LogP contribution >= 0.6 is 11.6 Å². The van der Waals surface area contributed by atoms with Gasteiger partial charge in [0, 0.05) is 16.3 Å². The smallest absolute Gasteiger partial charge is 0.259 e. The van der Waals surface area contributed by atoms with E-state index in [0.29, 0.717) is 33.5 Å². The average Bonchev–Trinajstić information content (AvgIpc) is 3.12. The Morgan fingerprint density at radius 3 is 2.74 bits per heavy atom. The van der Waals surface area contributed by atoms with E-state index < -0.39 is 0 Å². The number of rotatable bonds is 4. The Kier molecular flexibility index (Phi) is 4.52. The molecule has 1 N–H and O–H groups in total. The molecule has 4 rings (SSSR count). The number of para-hydroxylation sites is 2. The molecule has 0 radical (unpaired) electrons. The normalized spacial score (nSPS) is 10.7. The first-order valence-corrected chi connectivity index (χ1v) is 8.63. The molecule has 134 valence electrons. The van der Waals surface area contributed by atoms with E-state index in [1.165, 1.54) is 7.11 Å². The summed E-state index contributed by atoms with van der Waals surface area (Å²) in [6, 6.07) is 19.8. The number of anilines is 1. The number of hydrogen-bond acceptors (Lipinski definition) is 4. The highest BCUT2D eigenvalue weighted by atomic mass is 35.5. The number of fused-ring (bicyclic) bond motifs is 1. The van der Waals surface area contributed by atoms with Gasteiger partial charge in [-0.2, -0.15) is 0 Å². The number of nitrogens with zero attached hydrogens (tertiary/aromatic N) is 1. The maximum absolute atomic E-state index is 12.6. The summed E-state index contributed by atoms with van der Waals surface area (Å²) >= 11 is 6.01. The van der Waals surface area contributed by atoms with Crippen molar-refractivity contribution < 1.29 is 13.9 Å². The number of amides is 1. The van der Waals surface area contributed by atoms with Crippen LogP contribution in [0.25, 0.3) is 22.6 Å². The van der Waals surface area contributed by atoms with Gasteiger partial charge in [0.05, 0.1) is 12.7 Å². The lowest BCUT2D eigenvalue weighted by molar-refractivity contribution is 0.102. The van der Waals surface area contributed by atoms with E-state index in [-0.39, 0.29) is 5.91 Å². The van der Waals surface area contributed by atoms with Gasteiger partial charge >= 0.3 is 0 Å². The molecule has 0 bridgehead atoms. The van der Waals surface area contributed by atoms with Crippen LogP contribution in [0.15, 0.2) is 71.1 Å². The van der Waals surface area contributed by atoms with Crippen molar-refractivity contribution in [1.82, 2.24) is 4.98 Å². The Balaban J connectivity index is 1.63. The third kappa shape index (κ3) is 3.50. The number of oxazole rings is 1. The van der Waals surface area contributed by atoms with Gasteiger partial charge < -0.3 is 14.5 Å². The van der Waals surface area contributed by atoms with Crippen molar-refractivity contribution in [2.24, 2.45) is 0 Å². The van der Waals surface area contributed by atoms with Crippen molar-refractivity contribution in [2.45, 2.75) is 0 Å². The molecule has 0 aliphatic rings. The summed E-state index contributed by atoms with van der Waals surface area (Å²) in [6.45, 7) is 0. The van der Waals surface area contributed by atoms with E-state index in [0.717, 1.165) is 11.1 Å². The average molecular weight is 379 g/mol. The standard InChI is InChI=1S/C21H15ClN2O3/c1-26-18-10-9-14(22)12-16(18)20(25)23-15-6-4-5-13(11-15)21-24-17-7-2-3-8-19(17)27-21/h2-12H,1H3,(H,23,25). The van der Waals surface area contributed by atoms with E-state index in [1.54, 1.807) is 30.3 Å². The van der Waals surface area contributed by atoms with E-state index in [9.17, 15) is 4.79 Å². The van der Waals surface area contributed by atoms with Crippen molar-refractivity contribution in [3.63, 3.8) is 0 Å². The highest BCUT2D eigenvalue weighted by Gasteiger charge is 2.14. The summed E-state index contributed by atoms with van der Waals surface area (Å²) in [5, 5.41) is 3.32. The van der Waals surface area contributed by atoms with Crippen molar-refractivity contribution in [2.75, 3.05) is 12.4 Å². The quantitative estimate of drug-likeness (QED) is 0.515. The minimum Gasteiger partial charge on any atom is -0.496 e. The zero-order valence-corrected chi connectivity index (χ0v) is 15.2. The minimum atomic E-state index is -0.316. The number of nitrogens with one attached hydrogen (secondary N) is 1. The van der Waals surface area contributed by atoms with Crippen LogP contribution in [0.1, 0.15) is 10.4 Å². The molecule has 27 heavy (non-hydrogen) atoms. The summed E-state index contributed by atoms with van der Waals surface area (Å²) < 4.78 is 11.0. The Morgan fingerprint density at radius 2 is 1.93 bits per heavy atom. The second kappa shape index (κ2) is 7.13. The molecule has 1 heterocycles. The molecule has 0 atom stereocenters. The van der Waals surface area contributed by atoms with Crippen LogP contribution in [0.3, 0.4) is 0 Å². The molecule has 5 nitrogen and oxygen atoms in total. The predicted molar refractivity (Wildman–Crippen MR) is 105 cm³/mol. The summed E-state index contributed by atoms with van der Waals surface area (Å²) in [5.41, 5.74) is 3.23. The fourth-order valence-corrected chi connectivity index (χ4v) is 2.95. The Labute approximate surface area is 160 Å². The van der Waals surface area contributed by atoms with Crippen LogP contribution in [0.4, 0.5) is 5.69 Å². The van der Waals surface area contributed by atoms with Gasteiger partial charge in [0.25, 0.3) is 5.91 Å². The van der Waals surface area contributed by atoms with Crippen LogP contribution in [0.2, 0.25) is 5.02 Å². The highest BCUT2D eigenvalue weighted by Crippen LogP contribution is 2.27. The molecule has 4 aromatic rings. The summed E-state index contributed by atoms with van der Waals surface area (Å²) in [4.78, 5) is 17.1. The van der Waals surface area contributed by atoms with E-state index >= 15 is 0 Å². The third-order valence-electron chi connectivity index (χ3n) is 4.07. The summed E-state index contributed by atoms with van der Waals surface area (Å²) in [6.07, 6.45) is 0. The summed E-state index contributed by atoms with van der Waals surface area (Å²) in [5.74, 6) is 0.628. The first-order valence-electron chi connectivity index (χ1n) is 8.25. The lowest BCUT2D eigenvalue weighted by Gasteiger charge is -2.10. The SMILES string of the molecule is COc1ccc(Cl)cc1C(=O)Nc1cccc(-c2nc3ccccc3o2)c1. The molecule has 0 unspecified atom stereocenters. The van der Waals surface area contributed by atoms with Crippen LogP contribution in [0.5, 0.6) is 5.75 Å². The largest absolute Gasteiger partial charge is 0.496 e. The molecule has 0 aliphatic carbocycles. The van der Waals surface area contributed by atoms with Crippen LogP contribution in [-0.4, -0.2) is 18.0 Å². The second-order valence-electron chi connectivity index (χ2n) is 5.87. The van der Waals surface area contributed by atoms with Crippen LogP contribution in [0, 0.1) is 0 Å². The molecular formula is C21H15ClN2O3. The number of ether oxygens (including phenoxy) is 1. The predicted octanol–water partition coefficient (Wildman–Crippen LogP) is 5.41. The number of aromatic nitrogens is 1. The number of halogens is 1. The Hall–Kier alpha value is -3.31. The molecule has 0 spiro atoms. The number of carbonyl (C=O) groups excluding carboxylic acids is 1. The van der Waals surface area contributed by atoms with Crippen LogP contribution in [-0.2, 0) is 0 Å². The fraction of sp³-hybridized carbons (Fsp3) is 0.0476. The van der Waals surface area contributed by atoms with Crippen molar-refractivity contribution in [3.05, 3.63) is 77.3 Å². The molecule has 3 aromatic carbocycles. The third-order valence-corrected chi connectivity index (χ3v) is 4.30. The van der Waals surface area contributed by atoms with E-state index in [1.807, 2.05) is 36.4 Å². The number of hydrogen-bond donors (Lipinski definition) is 1. The molecule has 0 aliphatic heterocycles. The summed E-state index contributed by atoms with van der Waals surface area (Å²) in [7, 11) is 1.51. The maximum atomic E-state index is 12.6. The van der Waals surface area contributed by atoms with E-state index in [2.05, 4.69) is 10.3 Å². The highest BCUT2D eigenvalue weighted by molar-refractivity contribution is 6.31. The number of carbonyl (C=O) groups is 1. The topological polar surface area (TPSA) is 64.4 Å². The first-order chi connectivity index (χ1) is 13.1. The zero-order valence-electron chi connectivity index (χ0n) is 14.4. The lowest BCUT2D eigenvalue weighted by Crippen LogP contribution is -2.13. The second-order valence-corrected chi connectivity index (χ2v) is 6.30. The molecule has 6 heteroatoms. The fourth-order valence-electron chi connectivity index (χ4n) is 2.78.